The summed E-state index contributed by atoms with van der Waals surface area (Å²) in [6.45, 7) is 11.3. The molecule has 1 saturated heterocycles. The zero-order chi connectivity index (χ0) is 23.8. The highest BCUT2D eigenvalue weighted by atomic mass is 127. The highest BCUT2D eigenvalue weighted by Crippen LogP contribution is 2.48. The number of fused-ring (bicyclic) bond motifs is 2. The second kappa shape index (κ2) is 13.4. The lowest BCUT2D eigenvalue weighted by Gasteiger charge is -2.38. The third-order valence-electron chi connectivity index (χ3n) is 6.19. The van der Waals surface area contributed by atoms with Crippen LogP contribution in [0.5, 0.6) is 0 Å². The van der Waals surface area contributed by atoms with Crippen LogP contribution in [0.3, 0.4) is 0 Å². The number of β-amino-alcohol motifs (C(OH)–C–C–N with tert-alkyl or cyclic N) is 1. The summed E-state index contributed by atoms with van der Waals surface area (Å²) >= 11 is 4.18. The molecule has 1 atom stereocenters. The summed E-state index contributed by atoms with van der Waals surface area (Å²) in [4.78, 5) is 9.63. The van der Waals surface area contributed by atoms with E-state index in [1.54, 1.807) is 0 Å². The number of hydrogen-bond acceptors (Lipinski definition) is 7. The molecule has 186 valence electrons. The second-order valence-corrected chi connectivity index (χ2v) is 11.1. The Morgan fingerprint density at radius 3 is 2.38 bits per heavy atom. The van der Waals surface area contributed by atoms with E-state index < -0.39 is 6.10 Å². The first-order valence-corrected chi connectivity index (χ1v) is 14.2. The molecule has 6 nitrogen and oxygen atoms in total. The molecule has 2 aromatic rings. The van der Waals surface area contributed by atoms with Crippen molar-refractivity contribution in [2.24, 2.45) is 0 Å². The Hall–Kier alpha value is -0.880. The smallest absolute Gasteiger partial charge is 0.0845 e. The highest BCUT2D eigenvalue weighted by Gasteiger charge is 2.26. The summed E-state index contributed by atoms with van der Waals surface area (Å²) in [5, 5.41) is 11.1. The van der Waals surface area contributed by atoms with Crippen LogP contribution in [0.1, 0.15) is 13.3 Å². The summed E-state index contributed by atoms with van der Waals surface area (Å²) in [6.07, 6.45) is 0.635. The minimum Gasteiger partial charge on any atom is -0.390 e. The fourth-order valence-electron chi connectivity index (χ4n) is 4.42. The van der Waals surface area contributed by atoms with E-state index in [1.165, 1.54) is 24.7 Å². The maximum absolute atomic E-state index is 11.1. The zero-order valence-corrected chi connectivity index (χ0v) is 23.0. The number of nitrogens with zero attached hydrogens (tertiary/aromatic N) is 3. The van der Waals surface area contributed by atoms with Gasteiger partial charge >= 0.3 is 0 Å². The summed E-state index contributed by atoms with van der Waals surface area (Å²) in [5.74, 6) is 0. The lowest BCUT2D eigenvalue weighted by Crippen LogP contribution is -2.50. The van der Waals surface area contributed by atoms with Gasteiger partial charge in [0, 0.05) is 59.2 Å². The van der Waals surface area contributed by atoms with E-state index >= 15 is 0 Å². The molecule has 2 aromatic carbocycles. The van der Waals surface area contributed by atoms with Crippen LogP contribution >= 0.6 is 34.4 Å². The number of para-hydroxylation sites is 1. The maximum Gasteiger partial charge on any atom is 0.0845 e. The first-order valence-electron chi connectivity index (χ1n) is 12.3. The lowest BCUT2D eigenvalue weighted by molar-refractivity contribution is 0.0275. The Labute approximate surface area is 221 Å². The topological polar surface area (TPSA) is 48.4 Å². The van der Waals surface area contributed by atoms with Gasteiger partial charge in [0.15, 0.2) is 0 Å². The van der Waals surface area contributed by atoms with Crippen molar-refractivity contribution in [2.45, 2.75) is 29.2 Å². The van der Waals surface area contributed by atoms with E-state index in [0.717, 1.165) is 52.4 Å². The first kappa shape index (κ1) is 26.2. The second-order valence-electron chi connectivity index (χ2n) is 8.81. The Bertz CT molecular complexity index is 911. The van der Waals surface area contributed by atoms with E-state index in [4.69, 9.17) is 9.47 Å². The highest BCUT2D eigenvalue weighted by molar-refractivity contribution is 14.1. The molecular weight excluding hydrogens is 561 g/mol. The van der Waals surface area contributed by atoms with Crippen molar-refractivity contribution in [3.63, 3.8) is 0 Å². The number of aliphatic hydroxyl groups is 1. The average Bonchev–Trinajstić information content (AvgIpc) is 2.84. The summed E-state index contributed by atoms with van der Waals surface area (Å²) in [5.41, 5.74) is 2.38. The minimum absolute atomic E-state index is 0.417. The molecular formula is C26H36IN3O3S. The fourth-order valence-corrected chi connectivity index (χ4v) is 5.97. The standard InChI is InChI=1S/C26H36IN3O3S/c1-2-14-32-16-17-33-15-13-28-9-11-29(12-10-28)19-22(31)20-30-23-5-3-4-6-25(23)34-26-8-7-21(27)18-24(26)30/h3-8,18,22,31H,2,9-17,19-20H2,1H3. The van der Waals surface area contributed by atoms with Gasteiger partial charge in [0.2, 0.25) is 0 Å². The van der Waals surface area contributed by atoms with E-state index in [2.05, 4.69) is 86.7 Å². The molecule has 2 aliphatic rings. The molecule has 0 saturated carbocycles. The number of benzene rings is 2. The van der Waals surface area contributed by atoms with Crippen molar-refractivity contribution in [1.82, 2.24) is 9.80 Å². The molecule has 0 bridgehead atoms. The third kappa shape index (κ3) is 7.32. The maximum atomic E-state index is 11.1. The van der Waals surface area contributed by atoms with Gasteiger partial charge < -0.3 is 19.5 Å². The minimum atomic E-state index is -0.417. The molecule has 0 radical (unpaired) electrons. The first-order chi connectivity index (χ1) is 16.6. The Morgan fingerprint density at radius 2 is 1.59 bits per heavy atom. The van der Waals surface area contributed by atoms with Crippen LogP contribution < -0.4 is 4.90 Å². The van der Waals surface area contributed by atoms with Gasteiger partial charge in [-0.15, -0.1) is 0 Å². The van der Waals surface area contributed by atoms with E-state index in [9.17, 15) is 5.11 Å². The molecule has 4 rings (SSSR count). The van der Waals surface area contributed by atoms with Crippen LogP contribution in [0.2, 0.25) is 0 Å². The molecule has 1 fully saturated rings. The van der Waals surface area contributed by atoms with Gasteiger partial charge in [-0.05, 0) is 59.3 Å². The van der Waals surface area contributed by atoms with E-state index in [1.807, 2.05) is 11.8 Å². The molecule has 0 spiro atoms. The van der Waals surface area contributed by atoms with Gasteiger partial charge in [0.25, 0.3) is 0 Å². The summed E-state index contributed by atoms with van der Waals surface area (Å²) < 4.78 is 12.4. The lowest BCUT2D eigenvalue weighted by atomic mass is 10.2. The Balaban J connectivity index is 1.24. The molecule has 1 N–H and O–H groups in total. The molecule has 2 aliphatic heterocycles. The van der Waals surface area contributed by atoms with Crippen LogP contribution in [0.25, 0.3) is 0 Å². The van der Waals surface area contributed by atoms with Crippen LogP contribution in [0.4, 0.5) is 11.4 Å². The van der Waals surface area contributed by atoms with Crippen molar-refractivity contribution in [3.05, 3.63) is 46.0 Å². The summed E-state index contributed by atoms with van der Waals surface area (Å²) in [6, 6.07) is 15.1. The Kier molecular flexibility index (Phi) is 10.3. The molecule has 0 amide bonds. The van der Waals surface area contributed by atoms with Gasteiger partial charge in [-0.25, -0.2) is 0 Å². The molecule has 34 heavy (non-hydrogen) atoms. The van der Waals surface area contributed by atoms with Crippen molar-refractivity contribution in [1.29, 1.82) is 0 Å². The number of rotatable bonds is 12. The predicted octanol–water partition coefficient (Wildman–Crippen LogP) is 4.32. The van der Waals surface area contributed by atoms with E-state index in [-0.39, 0.29) is 0 Å². The van der Waals surface area contributed by atoms with Crippen molar-refractivity contribution in [2.75, 3.05) is 77.1 Å². The predicted molar refractivity (Wildman–Crippen MR) is 148 cm³/mol. The molecule has 0 aliphatic carbocycles. The van der Waals surface area contributed by atoms with Crippen molar-refractivity contribution in [3.8, 4) is 0 Å². The van der Waals surface area contributed by atoms with Gasteiger partial charge in [0.1, 0.15) is 0 Å². The number of ether oxygens (including phenoxy) is 2. The number of piperazine rings is 1. The van der Waals surface area contributed by atoms with Gasteiger partial charge in [-0.2, -0.15) is 0 Å². The quantitative estimate of drug-likeness (QED) is 0.289. The van der Waals surface area contributed by atoms with Gasteiger partial charge in [0.05, 0.1) is 43.8 Å². The van der Waals surface area contributed by atoms with Gasteiger partial charge in [-0.1, -0.05) is 30.8 Å². The molecule has 8 heteroatoms. The number of aliphatic hydroxyl groups excluding tert-OH is 1. The SMILES string of the molecule is CCCOCCOCCN1CCN(CC(O)CN2c3ccccc3Sc3ccc(I)cc32)CC1. The number of hydrogen-bond donors (Lipinski definition) is 1. The van der Waals surface area contributed by atoms with Crippen LogP contribution in [-0.2, 0) is 9.47 Å². The monoisotopic (exact) mass is 597 g/mol. The fraction of sp³-hybridized carbons (Fsp3) is 0.538. The molecule has 1 unspecified atom stereocenters. The van der Waals surface area contributed by atoms with Crippen LogP contribution in [-0.4, -0.2) is 93.3 Å². The molecule has 2 heterocycles. The summed E-state index contributed by atoms with van der Waals surface area (Å²) in [7, 11) is 0. The zero-order valence-electron chi connectivity index (χ0n) is 20.0. The van der Waals surface area contributed by atoms with Crippen LogP contribution in [0, 0.1) is 3.57 Å². The largest absolute Gasteiger partial charge is 0.390 e. The van der Waals surface area contributed by atoms with E-state index in [0.29, 0.717) is 26.3 Å². The number of halogens is 1. The van der Waals surface area contributed by atoms with Crippen molar-refractivity contribution < 1.29 is 14.6 Å². The molecule has 0 aromatic heterocycles. The Morgan fingerprint density at radius 1 is 0.882 bits per heavy atom. The average molecular weight is 598 g/mol. The third-order valence-corrected chi connectivity index (χ3v) is 7.99. The van der Waals surface area contributed by atoms with Crippen molar-refractivity contribution >= 4 is 45.7 Å². The number of anilines is 2. The normalized spacial score (nSPS) is 17.4. The van der Waals surface area contributed by atoms with Gasteiger partial charge in [-0.3, -0.25) is 9.80 Å². The van der Waals surface area contributed by atoms with Crippen LogP contribution in [0.15, 0.2) is 52.3 Å².